The number of carbonyl (C=O) groups excluding carboxylic acids is 1. The Hall–Kier alpha value is -3.55. The lowest BCUT2D eigenvalue weighted by Crippen LogP contribution is -2.21. The summed E-state index contributed by atoms with van der Waals surface area (Å²) >= 11 is 0. The van der Waals surface area contributed by atoms with Crippen molar-refractivity contribution >= 4 is 11.6 Å². The first kappa shape index (κ1) is 20.2. The van der Waals surface area contributed by atoms with Crippen LogP contribution < -0.4 is 14.8 Å². The number of anilines is 1. The van der Waals surface area contributed by atoms with Crippen LogP contribution in [0.4, 0.5) is 23.2 Å². The van der Waals surface area contributed by atoms with Crippen molar-refractivity contribution in [1.82, 2.24) is 0 Å². The van der Waals surface area contributed by atoms with Crippen LogP contribution in [0, 0.1) is 23.3 Å². The lowest BCUT2D eigenvalue weighted by atomic mass is 10.2. The Kier molecular flexibility index (Phi) is 6.33. The Balaban J connectivity index is 1.53. The van der Waals surface area contributed by atoms with E-state index in [1.165, 1.54) is 0 Å². The molecule has 150 valence electrons. The summed E-state index contributed by atoms with van der Waals surface area (Å²) in [5.41, 5.74) is 1.37. The smallest absolute Gasteiger partial charge is 0.262 e. The third-order valence-corrected chi connectivity index (χ3v) is 3.81. The zero-order chi connectivity index (χ0) is 20.8. The third-order valence-electron chi connectivity index (χ3n) is 3.81. The zero-order valence-corrected chi connectivity index (χ0v) is 14.9. The predicted molar refractivity (Wildman–Crippen MR) is 97.6 cm³/mol. The molecule has 0 heterocycles. The number of carbonyl (C=O) groups is 1. The molecule has 0 aliphatic heterocycles. The first-order chi connectivity index (χ1) is 13.9. The minimum absolute atomic E-state index is 0.0546. The van der Waals surface area contributed by atoms with Crippen LogP contribution in [-0.4, -0.2) is 12.5 Å². The van der Waals surface area contributed by atoms with Crippen molar-refractivity contribution in [3.63, 3.8) is 0 Å². The van der Waals surface area contributed by atoms with E-state index in [1.807, 2.05) is 30.3 Å². The number of ether oxygens (including phenoxy) is 2. The minimum Gasteiger partial charge on any atom is -0.489 e. The highest BCUT2D eigenvalue weighted by atomic mass is 19.2. The number of amides is 1. The molecule has 0 atom stereocenters. The monoisotopic (exact) mass is 405 g/mol. The Morgan fingerprint density at radius 2 is 1.45 bits per heavy atom. The number of halogens is 4. The van der Waals surface area contributed by atoms with Crippen LogP contribution in [-0.2, 0) is 11.4 Å². The lowest BCUT2D eigenvalue weighted by molar-refractivity contribution is -0.118. The van der Waals surface area contributed by atoms with Crippen LogP contribution in [0.1, 0.15) is 5.56 Å². The van der Waals surface area contributed by atoms with Gasteiger partial charge in [-0.3, -0.25) is 4.79 Å². The van der Waals surface area contributed by atoms with Crippen molar-refractivity contribution in [2.45, 2.75) is 6.61 Å². The van der Waals surface area contributed by atoms with Crippen LogP contribution in [0.3, 0.4) is 0 Å². The van der Waals surface area contributed by atoms with E-state index in [2.05, 4.69) is 10.1 Å². The largest absolute Gasteiger partial charge is 0.489 e. The van der Waals surface area contributed by atoms with Gasteiger partial charge in [0.25, 0.3) is 5.91 Å². The van der Waals surface area contributed by atoms with E-state index in [9.17, 15) is 22.4 Å². The molecule has 1 amide bonds. The molecule has 0 saturated carbocycles. The number of hydrogen-bond donors (Lipinski definition) is 1. The van der Waals surface area contributed by atoms with E-state index < -0.39 is 41.5 Å². The second-order valence-corrected chi connectivity index (χ2v) is 5.93. The normalized spacial score (nSPS) is 10.5. The fourth-order valence-corrected chi connectivity index (χ4v) is 2.39. The topological polar surface area (TPSA) is 47.6 Å². The standard InChI is InChI=1S/C21H15F4NO3/c22-16-10-17(23)20(25)21(19(16)24)29-12-18(27)26-14-6-8-15(9-7-14)28-11-13-4-2-1-3-5-13/h1-10H,11-12H2,(H,26,27). The highest BCUT2D eigenvalue weighted by Crippen LogP contribution is 2.26. The van der Waals surface area contributed by atoms with Crippen molar-refractivity contribution in [2.24, 2.45) is 0 Å². The lowest BCUT2D eigenvalue weighted by Gasteiger charge is -2.11. The molecule has 29 heavy (non-hydrogen) atoms. The molecular formula is C21H15F4NO3. The van der Waals surface area contributed by atoms with E-state index in [4.69, 9.17) is 4.74 Å². The van der Waals surface area contributed by atoms with E-state index in [0.29, 0.717) is 18.0 Å². The fraction of sp³-hybridized carbons (Fsp3) is 0.0952. The highest BCUT2D eigenvalue weighted by Gasteiger charge is 2.21. The molecule has 1 N–H and O–H groups in total. The van der Waals surface area contributed by atoms with Crippen molar-refractivity contribution in [2.75, 3.05) is 11.9 Å². The summed E-state index contributed by atoms with van der Waals surface area (Å²) in [4.78, 5) is 11.9. The number of rotatable bonds is 7. The van der Waals surface area contributed by atoms with Crippen molar-refractivity contribution < 1.29 is 31.8 Å². The fourth-order valence-electron chi connectivity index (χ4n) is 2.39. The quantitative estimate of drug-likeness (QED) is 0.452. The molecule has 0 aromatic heterocycles. The maximum Gasteiger partial charge on any atom is 0.262 e. The molecule has 0 fully saturated rings. The van der Waals surface area contributed by atoms with Crippen molar-refractivity contribution in [1.29, 1.82) is 0 Å². The van der Waals surface area contributed by atoms with Gasteiger partial charge in [-0.15, -0.1) is 0 Å². The molecule has 8 heteroatoms. The summed E-state index contributed by atoms with van der Waals surface area (Å²) in [6.45, 7) is -0.468. The minimum atomic E-state index is -1.71. The molecule has 4 nitrogen and oxygen atoms in total. The summed E-state index contributed by atoms with van der Waals surface area (Å²) in [5.74, 6) is -8.15. The summed E-state index contributed by atoms with van der Waals surface area (Å²) in [6, 6.07) is 16.0. The van der Waals surface area contributed by atoms with Gasteiger partial charge in [0, 0.05) is 11.8 Å². The van der Waals surface area contributed by atoms with Gasteiger partial charge in [0.15, 0.2) is 24.0 Å². The summed E-state index contributed by atoms with van der Waals surface area (Å²) in [6.07, 6.45) is 0. The average Bonchev–Trinajstić information content (AvgIpc) is 2.72. The second kappa shape index (κ2) is 9.09. The third kappa shape index (κ3) is 5.25. The molecule has 0 saturated heterocycles. The number of nitrogens with one attached hydrogen (secondary N) is 1. The molecule has 3 rings (SSSR count). The SMILES string of the molecule is O=C(COc1c(F)c(F)cc(F)c1F)Nc1ccc(OCc2ccccc2)cc1. The molecule has 0 radical (unpaired) electrons. The Bertz CT molecular complexity index is 969. The van der Waals surface area contributed by atoms with Gasteiger partial charge in [0.1, 0.15) is 12.4 Å². The van der Waals surface area contributed by atoms with Crippen LogP contribution in [0.2, 0.25) is 0 Å². The molecule has 3 aromatic rings. The molecular weight excluding hydrogens is 390 g/mol. The van der Waals surface area contributed by atoms with Gasteiger partial charge >= 0.3 is 0 Å². The summed E-state index contributed by atoms with van der Waals surface area (Å²) in [5, 5.41) is 2.43. The zero-order valence-electron chi connectivity index (χ0n) is 14.9. The second-order valence-electron chi connectivity index (χ2n) is 5.93. The number of benzene rings is 3. The molecule has 0 aliphatic rings. The maximum absolute atomic E-state index is 13.5. The van der Waals surface area contributed by atoms with Crippen LogP contribution in [0.15, 0.2) is 60.7 Å². The van der Waals surface area contributed by atoms with E-state index in [0.717, 1.165) is 5.56 Å². The van der Waals surface area contributed by atoms with E-state index >= 15 is 0 Å². The molecule has 0 spiro atoms. The van der Waals surface area contributed by atoms with Crippen LogP contribution >= 0.6 is 0 Å². The van der Waals surface area contributed by atoms with Gasteiger partial charge in [0.05, 0.1) is 0 Å². The first-order valence-electron chi connectivity index (χ1n) is 8.46. The van der Waals surface area contributed by atoms with Gasteiger partial charge in [0.2, 0.25) is 11.6 Å². The first-order valence-corrected chi connectivity index (χ1v) is 8.46. The van der Waals surface area contributed by atoms with Gasteiger partial charge in [-0.2, -0.15) is 8.78 Å². The Labute approximate surface area is 163 Å². The van der Waals surface area contributed by atoms with Gasteiger partial charge in [-0.25, -0.2) is 8.78 Å². The van der Waals surface area contributed by atoms with Gasteiger partial charge in [-0.05, 0) is 29.8 Å². The van der Waals surface area contributed by atoms with Gasteiger partial charge < -0.3 is 14.8 Å². The van der Waals surface area contributed by atoms with Crippen molar-refractivity contribution in [3.8, 4) is 11.5 Å². The summed E-state index contributed by atoms with van der Waals surface area (Å²) < 4.78 is 63.5. The predicted octanol–water partition coefficient (Wildman–Crippen LogP) is 4.84. The molecule has 3 aromatic carbocycles. The van der Waals surface area contributed by atoms with Crippen molar-refractivity contribution in [3.05, 3.63) is 89.5 Å². The molecule has 0 unspecified atom stereocenters. The Morgan fingerprint density at radius 3 is 2.07 bits per heavy atom. The maximum atomic E-state index is 13.5. The number of hydrogen-bond acceptors (Lipinski definition) is 3. The molecule has 0 bridgehead atoms. The van der Waals surface area contributed by atoms with Crippen LogP contribution in [0.5, 0.6) is 11.5 Å². The Morgan fingerprint density at radius 1 is 0.828 bits per heavy atom. The van der Waals surface area contributed by atoms with Gasteiger partial charge in [-0.1, -0.05) is 30.3 Å². The summed E-state index contributed by atoms with van der Waals surface area (Å²) in [7, 11) is 0. The van der Waals surface area contributed by atoms with E-state index in [-0.39, 0.29) is 6.07 Å². The average molecular weight is 405 g/mol. The molecule has 0 aliphatic carbocycles. The van der Waals surface area contributed by atoms with Crippen LogP contribution in [0.25, 0.3) is 0 Å². The highest BCUT2D eigenvalue weighted by molar-refractivity contribution is 5.91. The van der Waals surface area contributed by atoms with E-state index in [1.54, 1.807) is 24.3 Å².